The summed E-state index contributed by atoms with van der Waals surface area (Å²) in [7, 11) is 0. The summed E-state index contributed by atoms with van der Waals surface area (Å²) < 4.78 is 0. The molecule has 0 radical (unpaired) electrons. The zero-order chi connectivity index (χ0) is 16.7. The molecule has 1 fully saturated rings. The highest BCUT2D eigenvalue weighted by atomic mass is 16.2. The average Bonchev–Trinajstić information content (AvgIpc) is 2.56. The molecule has 4 N–H and O–H groups in total. The number of nitrogens with one attached hydrogen (secondary N) is 2. The number of carbonyl (C=O) groups excluding carboxylic acids is 2. The van der Waals surface area contributed by atoms with Crippen LogP contribution >= 0.6 is 0 Å². The second-order valence-electron chi connectivity index (χ2n) is 6.48. The van der Waals surface area contributed by atoms with Crippen molar-refractivity contribution in [3.63, 3.8) is 0 Å². The molecule has 2 atom stereocenters. The fourth-order valence-electron chi connectivity index (χ4n) is 3.08. The fraction of sp³-hybridized carbons (Fsp3) is 0.556. The first kappa shape index (κ1) is 17.5. The predicted molar refractivity (Wildman–Crippen MR) is 89.8 cm³/mol. The Labute approximate surface area is 138 Å². The summed E-state index contributed by atoms with van der Waals surface area (Å²) in [4.78, 5) is 24.1. The molecule has 1 aromatic carbocycles. The van der Waals surface area contributed by atoms with Crippen LogP contribution in [-0.4, -0.2) is 24.0 Å². The highest BCUT2D eigenvalue weighted by Gasteiger charge is 2.23. The van der Waals surface area contributed by atoms with Gasteiger partial charge in [0.2, 0.25) is 0 Å². The Bertz CT molecular complexity index is 512. The van der Waals surface area contributed by atoms with E-state index in [0.717, 1.165) is 25.7 Å². The Morgan fingerprint density at radius 3 is 2.39 bits per heavy atom. The van der Waals surface area contributed by atoms with E-state index in [4.69, 9.17) is 0 Å². The van der Waals surface area contributed by atoms with Gasteiger partial charge in [-0.2, -0.15) is 0 Å². The molecule has 3 amide bonds. The number of urea groups is 1. The molecule has 2 rings (SSSR count). The Balaban J connectivity index is 1.76. The second-order valence-corrected chi connectivity index (χ2v) is 6.48. The molecule has 1 aliphatic rings. The van der Waals surface area contributed by atoms with E-state index in [1.54, 1.807) is 0 Å². The molecule has 5 nitrogen and oxygen atoms in total. The van der Waals surface area contributed by atoms with Crippen LogP contribution in [-0.2, 0) is 4.79 Å². The molecule has 0 saturated heterocycles. The summed E-state index contributed by atoms with van der Waals surface area (Å²) in [6, 6.07) is 9.73. The van der Waals surface area contributed by atoms with E-state index in [1.165, 1.54) is 12.0 Å². The molecule has 1 saturated carbocycles. The van der Waals surface area contributed by atoms with E-state index < -0.39 is 0 Å². The van der Waals surface area contributed by atoms with Crippen LogP contribution < -0.4 is 16.0 Å². The van der Waals surface area contributed by atoms with Crippen LogP contribution in [0.1, 0.15) is 57.6 Å². The van der Waals surface area contributed by atoms with E-state index in [1.807, 2.05) is 42.6 Å². The van der Waals surface area contributed by atoms with Gasteiger partial charge in [-0.1, -0.05) is 49.6 Å². The second kappa shape index (κ2) is 8.67. The van der Waals surface area contributed by atoms with Gasteiger partial charge < -0.3 is 10.6 Å². The van der Waals surface area contributed by atoms with E-state index in [2.05, 4.69) is 17.6 Å². The molecular formula is C18H28N3O2+. The number of quaternary nitrogens is 1. The summed E-state index contributed by atoms with van der Waals surface area (Å²) in [5, 5.41) is 7.34. The summed E-state index contributed by atoms with van der Waals surface area (Å²) in [5.74, 6) is -0.249. The first-order valence-electron chi connectivity index (χ1n) is 8.57. The molecule has 5 heteroatoms. The highest BCUT2D eigenvalue weighted by molar-refractivity contribution is 5.96. The van der Waals surface area contributed by atoms with Crippen LogP contribution in [0, 0.1) is 0 Å². The molecular weight excluding hydrogens is 290 g/mol. The number of nitrogens with two attached hydrogens (primary N) is 1. The molecule has 1 aliphatic carbocycles. The Hall–Kier alpha value is -1.88. The molecule has 23 heavy (non-hydrogen) atoms. The normalized spacial score (nSPS) is 18.0. The Kier molecular flexibility index (Phi) is 6.59. The van der Waals surface area contributed by atoms with Crippen molar-refractivity contribution in [2.45, 2.75) is 64.1 Å². The van der Waals surface area contributed by atoms with Gasteiger partial charge in [-0.25, -0.2) is 4.79 Å². The zero-order valence-corrected chi connectivity index (χ0v) is 14.0. The van der Waals surface area contributed by atoms with Gasteiger partial charge in [-0.05, 0) is 26.7 Å². The van der Waals surface area contributed by atoms with Crippen molar-refractivity contribution in [3.8, 4) is 0 Å². The van der Waals surface area contributed by atoms with Crippen molar-refractivity contribution in [1.82, 2.24) is 10.6 Å². The quantitative estimate of drug-likeness (QED) is 0.775. The lowest BCUT2D eigenvalue weighted by Gasteiger charge is -2.23. The number of rotatable bonds is 5. The number of imide groups is 1. The third-order valence-electron chi connectivity index (χ3n) is 4.49. The minimum atomic E-state index is -0.366. The molecule has 0 aromatic heterocycles. The molecule has 0 aliphatic heterocycles. The van der Waals surface area contributed by atoms with Crippen molar-refractivity contribution in [2.24, 2.45) is 0 Å². The standard InChI is InChI=1S/C18H27N3O2/c1-13(15-9-5-3-6-10-15)19-14(2)17(22)21-18(23)20-16-11-7-4-8-12-16/h3,5-6,9-10,13-14,16,19H,4,7-8,11-12H2,1-2H3,(H2,20,21,22,23)/p+1/t13-,14+/m0/s1. The summed E-state index contributed by atoms with van der Waals surface area (Å²) in [5.41, 5.74) is 1.17. The van der Waals surface area contributed by atoms with E-state index in [-0.39, 0.29) is 30.1 Å². The van der Waals surface area contributed by atoms with Crippen molar-refractivity contribution in [1.29, 1.82) is 0 Å². The van der Waals surface area contributed by atoms with E-state index in [0.29, 0.717) is 0 Å². The average molecular weight is 318 g/mol. The lowest BCUT2D eigenvalue weighted by atomic mass is 9.96. The van der Waals surface area contributed by atoms with Gasteiger partial charge in [0.15, 0.2) is 6.04 Å². The number of benzene rings is 1. The fourth-order valence-corrected chi connectivity index (χ4v) is 3.08. The van der Waals surface area contributed by atoms with Crippen LogP contribution in [0.5, 0.6) is 0 Å². The van der Waals surface area contributed by atoms with Crippen LogP contribution in [0.25, 0.3) is 0 Å². The van der Waals surface area contributed by atoms with Gasteiger partial charge in [0.25, 0.3) is 5.91 Å². The Morgan fingerprint density at radius 1 is 1.09 bits per heavy atom. The highest BCUT2D eigenvalue weighted by Crippen LogP contribution is 2.17. The van der Waals surface area contributed by atoms with Gasteiger partial charge in [0.1, 0.15) is 6.04 Å². The first-order valence-corrected chi connectivity index (χ1v) is 8.57. The third-order valence-corrected chi connectivity index (χ3v) is 4.49. The monoisotopic (exact) mass is 318 g/mol. The molecule has 126 valence electrons. The summed E-state index contributed by atoms with van der Waals surface area (Å²) in [6.45, 7) is 3.88. The lowest BCUT2D eigenvalue weighted by molar-refractivity contribution is -0.710. The SMILES string of the molecule is C[C@H]([NH2+][C@H](C)C(=O)NC(=O)NC1CCCCC1)c1ccccc1. The maximum Gasteiger partial charge on any atom is 0.321 e. The van der Waals surface area contributed by atoms with Crippen LogP contribution in [0.3, 0.4) is 0 Å². The van der Waals surface area contributed by atoms with Crippen molar-refractivity contribution in [3.05, 3.63) is 35.9 Å². The number of hydrogen-bond donors (Lipinski definition) is 3. The van der Waals surface area contributed by atoms with Crippen molar-refractivity contribution in [2.75, 3.05) is 0 Å². The molecule has 0 spiro atoms. The molecule has 0 unspecified atom stereocenters. The van der Waals surface area contributed by atoms with Gasteiger partial charge in [0, 0.05) is 11.6 Å². The van der Waals surface area contributed by atoms with Crippen LogP contribution in [0.4, 0.5) is 4.79 Å². The smallest absolute Gasteiger partial charge is 0.321 e. The first-order chi connectivity index (χ1) is 11.1. The van der Waals surface area contributed by atoms with Gasteiger partial charge in [-0.15, -0.1) is 0 Å². The van der Waals surface area contributed by atoms with Crippen LogP contribution in [0.15, 0.2) is 30.3 Å². The third kappa shape index (κ3) is 5.67. The summed E-state index contributed by atoms with van der Waals surface area (Å²) >= 11 is 0. The lowest BCUT2D eigenvalue weighted by Crippen LogP contribution is -2.92. The van der Waals surface area contributed by atoms with E-state index >= 15 is 0 Å². The summed E-state index contributed by atoms with van der Waals surface area (Å²) in [6.07, 6.45) is 5.56. The molecule has 1 aromatic rings. The number of hydrogen-bond acceptors (Lipinski definition) is 2. The van der Waals surface area contributed by atoms with Crippen molar-refractivity contribution < 1.29 is 14.9 Å². The van der Waals surface area contributed by atoms with Crippen molar-refractivity contribution >= 4 is 11.9 Å². The zero-order valence-electron chi connectivity index (χ0n) is 14.0. The van der Waals surface area contributed by atoms with Crippen LogP contribution in [0.2, 0.25) is 0 Å². The maximum absolute atomic E-state index is 12.2. The Morgan fingerprint density at radius 2 is 1.74 bits per heavy atom. The van der Waals surface area contributed by atoms with Gasteiger partial charge in [0.05, 0.1) is 0 Å². The number of amides is 3. The predicted octanol–water partition coefficient (Wildman–Crippen LogP) is 1.86. The number of carbonyl (C=O) groups is 2. The van der Waals surface area contributed by atoms with Gasteiger partial charge >= 0.3 is 6.03 Å². The minimum absolute atomic E-state index is 0.165. The molecule has 0 heterocycles. The largest absolute Gasteiger partial charge is 0.335 e. The minimum Gasteiger partial charge on any atom is -0.335 e. The molecule has 0 bridgehead atoms. The maximum atomic E-state index is 12.2. The topological polar surface area (TPSA) is 74.8 Å². The van der Waals surface area contributed by atoms with E-state index in [9.17, 15) is 9.59 Å². The van der Waals surface area contributed by atoms with Gasteiger partial charge in [-0.3, -0.25) is 10.1 Å².